The van der Waals surface area contributed by atoms with Crippen molar-refractivity contribution >= 4 is 35.3 Å². The van der Waals surface area contributed by atoms with Gasteiger partial charge in [-0.2, -0.15) is 12.6 Å². The fourth-order valence-electron chi connectivity index (χ4n) is 1.72. The number of rotatable bonds is 3. The quantitative estimate of drug-likeness (QED) is 0.652. The van der Waals surface area contributed by atoms with Crippen molar-refractivity contribution < 1.29 is 0 Å². The molecule has 2 nitrogen and oxygen atoms in total. The van der Waals surface area contributed by atoms with Gasteiger partial charge >= 0.3 is 0 Å². The van der Waals surface area contributed by atoms with E-state index < -0.39 is 0 Å². The first-order chi connectivity index (χ1) is 7.61. The minimum absolute atomic E-state index is 0.611. The van der Waals surface area contributed by atoms with Gasteiger partial charge in [0.05, 0.1) is 11.0 Å². The molecule has 0 aliphatic carbocycles. The van der Waals surface area contributed by atoms with Crippen LogP contribution in [0.4, 0.5) is 0 Å². The Hall–Kier alpha value is -0.930. The zero-order valence-electron chi connectivity index (χ0n) is 9.07. The predicted octanol–water partition coefficient (Wildman–Crippen LogP) is 3.70. The lowest BCUT2D eigenvalue weighted by Crippen LogP contribution is -2.02. The summed E-state index contributed by atoms with van der Waals surface area (Å²) in [4.78, 5) is 4.51. The molecule has 0 unspecified atom stereocenters. The number of thiol groups is 1. The van der Waals surface area contributed by atoms with Gasteiger partial charge < -0.3 is 4.57 Å². The van der Waals surface area contributed by atoms with Gasteiger partial charge in [-0.1, -0.05) is 23.8 Å². The van der Waals surface area contributed by atoms with Crippen molar-refractivity contribution in [1.82, 2.24) is 9.55 Å². The third-order valence-corrected chi connectivity index (χ3v) is 2.88. The van der Waals surface area contributed by atoms with E-state index in [1.807, 2.05) is 25.1 Å². The van der Waals surface area contributed by atoms with Crippen molar-refractivity contribution in [2.75, 3.05) is 0 Å². The van der Waals surface area contributed by atoms with Crippen LogP contribution in [-0.4, -0.2) is 9.55 Å². The van der Waals surface area contributed by atoms with Gasteiger partial charge in [-0.25, -0.2) is 4.98 Å². The number of aromatic nitrogens is 2. The van der Waals surface area contributed by atoms with E-state index in [0.29, 0.717) is 10.8 Å². The maximum Gasteiger partial charge on any atom is 0.119 e. The number of fused-ring (bicyclic) bond motifs is 1. The summed E-state index contributed by atoms with van der Waals surface area (Å²) in [5, 5.41) is 0.707. The molecule has 16 heavy (non-hydrogen) atoms. The summed E-state index contributed by atoms with van der Waals surface area (Å²) >= 11 is 10.2. The van der Waals surface area contributed by atoms with Gasteiger partial charge in [-0.3, -0.25) is 0 Å². The van der Waals surface area contributed by atoms with Gasteiger partial charge in [-0.15, -0.1) is 0 Å². The molecule has 0 N–H and O–H groups in total. The molecule has 0 bridgehead atoms. The summed E-state index contributed by atoms with van der Waals surface area (Å²) in [6.45, 7) is 6.71. The standard InChI is InChI=1S/C12H13ClN2S/c1-8(2)6-15-11-4-3-9(13)5-10(11)14-12(15)7-16/h3-5,16H,1,6-7H2,2H3. The second-order valence-electron chi connectivity index (χ2n) is 3.86. The Morgan fingerprint density at radius 2 is 2.31 bits per heavy atom. The van der Waals surface area contributed by atoms with Crippen molar-refractivity contribution in [3.05, 3.63) is 41.2 Å². The van der Waals surface area contributed by atoms with E-state index in [4.69, 9.17) is 11.6 Å². The van der Waals surface area contributed by atoms with E-state index >= 15 is 0 Å². The minimum Gasteiger partial charge on any atom is -0.323 e. The largest absolute Gasteiger partial charge is 0.323 e. The average Bonchev–Trinajstić information content (AvgIpc) is 2.55. The fourth-order valence-corrected chi connectivity index (χ4v) is 2.13. The molecular formula is C12H13ClN2S. The molecule has 0 saturated carbocycles. The third-order valence-electron chi connectivity index (χ3n) is 2.36. The molecule has 4 heteroatoms. The monoisotopic (exact) mass is 252 g/mol. The lowest BCUT2D eigenvalue weighted by Gasteiger charge is -2.07. The topological polar surface area (TPSA) is 17.8 Å². The summed E-state index contributed by atoms with van der Waals surface area (Å²) in [7, 11) is 0. The lowest BCUT2D eigenvalue weighted by molar-refractivity contribution is 0.770. The van der Waals surface area contributed by atoms with Crippen molar-refractivity contribution in [2.45, 2.75) is 19.2 Å². The van der Waals surface area contributed by atoms with Crippen LogP contribution in [0.5, 0.6) is 0 Å². The first-order valence-corrected chi connectivity index (χ1v) is 6.02. The Morgan fingerprint density at radius 3 is 2.94 bits per heavy atom. The Kier molecular flexibility index (Phi) is 3.26. The molecule has 0 saturated heterocycles. The highest BCUT2D eigenvalue weighted by Crippen LogP contribution is 2.22. The van der Waals surface area contributed by atoms with Gasteiger partial charge in [0, 0.05) is 17.3 Å². The van der Waals surface area contributed by atoms with Crippen molar-refractivity contribution in [3.8, 4) is 0 Å². The van der Waals surface area contributed by atoms with E-state index in [2.05, 4.69) is 28.8 Å². The third kappa shape index (κ3) is 2.11. The van der Waals surface area contributed by atoms with Crippen LogP contribution in [0.25, 0.3) is 11.0 Å². The molecule has 0 aliphatic rings. The summed E-state index contributed by atoms with van der Waals surface area (Å²) in [5.41, 5.74) is 3.09. The molecule has 1 heterocycles. The maximum atomic E-state index is 5.94. The smallest absolute Gasteiger partial charge is 0.119 e. The SMILES string of the molecule is C=C(C)Cn1c(CS)nc2cc(Cl)ccc21. The molecule has 2 aromatic rings. The number of hydrogen-bond donors (Lipinski definition) is 1. The minimum atomic E-state index is 0.611. The summed E-state index contributed by atoms with van der Waals surface area (Å²) < 4.78 is 2.13. The zero-order chi connectivity index (χ0) is 11.7. The van der Waals surface area contributed by atoms with Gasteiger partial charge in [0.1, 0.15) is 5.82 Å². The molecule has 0 radical (unpaired) electrons. The second-order valence-corrected chi connectivity index (χ2v) is 4.62. The molecule has 2 rings (SSSR count). The van der Waals surface area contributed by atoms with Crippen molar-refractivity contribution in [1.29, 1.82) is 0 Å². The first-order valence-electron chi connectivity index (χ1n) is 5.01. The highest BCUT2D eigenvalue weighted by atomic mass is 35.5. The normalized spacial score (nSPS) is 10.9. The van der Waals surface area contributed by atoms with Gasteiger partial charge in [0.25, 0.3) is 0 Å². The molecule has 0 aliphatic heterocycles. The molecule has 0 fully saturated rings. The number of halogens is 1. The average molecular weight is 253 g/mol. The van der Waals surface area contributed by atoms with Gasteiger partial charge in [0.2, 0.25) is 0 Å². The Morgan fingerprint density at radius 1 is 1.56 bits per heavy atom. The van der Waals surface area contributed by atoms with E-state index in [-0.39, 0.29) is 0 Å². The Labute approximate surface area is 105 Å². The Balaban J connectivity index is 2.63. The maximum absolute atomic E-state index is 5.94. The molecular weight excluding hydrogens is 240 g/mol. The molecule has 0 amide bonds. The summed E-state index contributed by atoms with van der Waals surface area (Å²) in [5.74, 6) is 1.56. The predicted molar refractivity (Wildman–Crippen MR) is 72.2 cm³/mol. The molecule has 84 valence electrons. The highest BCUT2D eigenvalue weighted by Gasteiger charge is 2.09. The molecule has 1 aromatic heterocycles. The number of nitrogens with zero attached hydrogens (tertiary/aromatic N) is 2. The van der Waals surface area contributed by atoms with Crippen LogP contribution < -0.4 is 0 Å². The van der Waals surface area contributed by atoms with E-state index in [1.165, 1.54) is 0 Å². The van der Waals surface area contributed by atoms with Crippen LogP contribution >= 0.6 is 24.2 Å². The number of allylic oxidation sites excluding steroid dienone is 1. The van der Waals surface area contributed by atoms with Crippen LogP contribution in [0.2, 0.25) is 5.02 Å². The van der Waals surface area contributed by atoms with Gasteiger partial charge in [0.15, 0.2) is 0 Å². The Bertz CT molecular complexity index is 545. The van der Waals surface area contributed by atoms with Crippen LogP contribution in [0.3, 0.4) is 0 Å². The van der Waals surface area contributed by atoms with Gasteiger partial charge in [-0.05, 0) is 25.1 Å². The fraction of sp³-hybridized carbons (Fsp3) is 0.250. The second kappa shape index (κ2) is 4.52. The molecule has 0 spiro atoms. The van der Waals surface area contributed by atoms with Crippen LogP contribution in [-0.2, 0) is 12.3 Å². The van der Waals surface area contributed by atoms with Crippen LogP contribution in [0, 0.1) is 0 Å². The molecule has 1 aromatic carbocycles. The lowest BCUT2D eigenvalue weighted by atomic mass is 10.3. The van der Waals surface area contributed by atoms with Crippen molar-refractivity contribution in [2.24, 2.45) is 0 Å². The number of benzene rings is 1. The van der Waals surface area contributed by atoms with E-state index in [9.17, 15) is 0 Å². The number of imidazole rings is 1. The van der Waals surface area contributed by atoms with Crippen LogP contribution in [0.15, 0.2) is 30.4 Å². The van der Waals surface area contributed by atoms with Crippen LogP contribution in [0.1, 0.15) is 12.7 Å². The summed E-state index contributed by atoms with van der Waals surface area (Å²) in [6, 6.07) is 5.74. The van der Waals surface area contributed by atoms with Crippen molar-refractivity contribution in [3.63, 3.8) is 0 Å². The summed E-state index contributed by atoms with van der Waals surface area (Å²) in [6.07, 6.45) is 0. The highest BCUT2D eigenvalue weighted by molar-refractivity contribution is 7.79. The zero-order valence-corrected chi connectivity index (χ0v) is 10.7. The van der Waals surface area contributed by atoms with E-state index in [1.54, 1.807) is 0 Å². The molecule has 0 atom stereocenters. The van der Waals surface area contributed by atoms with E-state index in [0.717, 1.165) is 29.0 Å². The first kappa shape index (κ1) is 11.6. The number of hydrogen-bond acceptors (Lipinski definition) is 2.